The quantitative estimate of drug-likeness (QED) is 0.212. The minimum absolute atomic E-state index is 0. The van der Waals surface area contributed by atoms with Gasteiger partial charge in [0.15, 0.2) is 0 Å². The average Bonchev–Trinajstić information content (AvgIpc) is 3.83. The topological polar surface area (TPSA) is 80.9 Å². The van der Waals surface area contributed by atoms with E-state index in [4.69, 9.17) is 0 Å². The Bertz CT molecular complexity index is 1790. The van der Waals surface area contributed by atoms with Crippen molar-refractivity contribution in [3.8, 4) is 0 Å². The van der Waals surface area contributed by atoms with E-state index in [0.717, 1.165) is 54.3 Å². The van der Waals surface area contributed by atoms with Crippen molar-refractivity contribution in [1.82, 2.24) is 0 Å². The van der Waals surface area contributed by atoms with E-state index in [1.165, 1.54) is 121 Å². The zero-order chi connectivity index (χ0) is 46.6. The molecule has 0 aliphatic heterocycles. The zero-order valence-electron chi connectivity index (χ0n) is 44.1. The third-order valence-electron chi connectivity index (χ3n) is 27.3. The van der Waals surface area contributed by atoms with Crippen LogP contribution in [0.1, 0.15) is 227 Å². The Morgan fingerprint density at radius 1 is 0.492 bits per heavy atom. The van der Waals surface area contributed by atoms with Crippen LogP contribution in [-0.4, -0.2) is 45.8 Å². The molecule has 10 aliphatic carbocycles. The number of rotatable bonds is 4. The molecule has 376 valence electrons. The second kappa shape index (κ2) is 16.3. The standard InChI is InChI=1S/C30H52O2.C30H50O2.CH4.H2/c2*1-19(2)20-10-15-30(18-31)17-16-28(6)21(25(20)30)8-9-23-27(5)13-12-24(32)26(3,4)22(27)11-14-29(23,28)7;;/h19-25,31-32H,8-18H2,1-7H3;20-25,31-32H,1,8-18H2,2-7H3;1H4;1H/t2*20-,21+,22-,23+,24-,25+,27-,28+,29+,30+;;/m00../s1. The monoisotopic (exact) mass is 905 g/mol. The lowest BCUT2D eigenvalue weighted by molar-refractivity contribution is -0.251. The van der Waals surface area contributed by atoms with Gasteiger partial charge in [-0.25, -0.2) is 0 Å². The lowest BCUT2D eigenvalue weighted by Crippen LogP contribution is -2.66. The van der Waals surface area contributed by atoms with Crippen LogP contribution in [0.25, 0.3) is 0 Å². The van der Waals surface area contributed by atoms with E-state index < -0.39 is 0 Å². The summed E-state index contributed by atoms with van der Waals surface area (Å²) in [5, 5.41) is 43.1. The van der Waals surface area contributed by atoms with Gasteiger partial charge in [-0.05, 0) is 255 Å². The maximum Gasteiger partial charge on any atom is 0.0594 e. The first-order valence-corrected chi connectivity index (χ1v) is 28.0. The third-order valence-corrected chi connectivity index (χ3v) is 27.3. The van der Waals surface area contributed by atoms with Crippen molar-refractivity contribution in [1.29, 1.82) is 0 Å². The highest BCUT2D eigenvalue weighted by atomic mass is 16.3. The Morgan fingerprint density at radius 3 is 1.32 bits per heavy atom. The maximum atomic E-state index is 10.9. The number of allylic oxidation sites excluding steroid dienone is 1. The van der Waals surface area contributed by atoms with Gasteiger partial charge in [0, 0.05) is 14.6 Å². The van der Waals surface area contributed by atoms with Gasteiger partial charge >= 0.3 is 0 Å². The van der Waals surface area contributed by atoms with E-state index >= 15 is 0 Å². The fraction of sp³-hybridized carbons (Fsp3) is 0.967. The normalized spacial score (nSPS) is 55.8. The van der Waals surface area contributed by atoms with Crippen LogP contribution in [0.5, 0.6) is 0 Å². The summed E-state index contributed by atoms with van der Waals surface area (Å²) in [5.74, 6) is 7.78. The molecule has 4 nitrogen and oxygen atoms in total. The highest BCUT2D eigenvalue weighted by Gasteiger charge is 2.73. The first-order chi connectivity index (χ1) is 29.7. The fourth-order valence-corrected chi connectivity index (χ4v) is 23.3. The van der Waals surface area contributed by atoms with Crippen LogP contribution in [0.4, 0.5) is 0 Å². The van der Waals surface area contributed by atoms with Gasteiger partial charge in [-0.15, -0.1) is 0 Å². The maximum absolute atomic E-state index is 10.9. The molecule has 65 heavy (non-hydrogen) atoms. The van der Waals surface area contributed by atoms with Crippen LogP contribution in [0.2, 0.25) is 0 Å². The minimum Gasteiger partial charge on any atom is -0.396 e. The Balaban J connectivity index is 0.000000191. The van der Waals surface area contributed by atoms with Crippen molar-refractivity contribution >= 4 is 0 Å². The second-order valence-electron chi connectivity index (χ2n) is 29.6. The summed E-state index contributed by atoms with van der Waals surface area (Å²) in [5.41, 5.74) is 4.00. The van der Waals surface area contributed by atoms with Crippen LogP contribution in [-0.2, 0) is 0 Å². The summed E-state index contributed by atoms with van der Waals surface area (Å²) in [4.78, 5) is 0. The summed E-state index contributed by atoms with van der Waals surface area (Å²) in [6.07, 6.45) is 24.8. The van der Waals surface area contributed by atoms with Crippen molar-refractivity contribution in [3.05, 3.63) is 12.2 Å². The number of fused-ring (bicyclic) bond motifs is 14. The van der Waals surface area contributed by atoms with Crippen LogP contribution < -0.4 is 0 Å². The Morgan fingerprint density at radius 2 is 0.908 bits per heavy atom. The van der Waals surface area contributed by atoms with E-state index in [1.807, 2.05) is 0 Å². The SMILES string of the molecule is C.C=C(C)[C@@H]1CC[C@]2(CO)CC[C@]3(C)[C@H](CC[C@@H]4[C@@]5(C)CC[C@H](O)C(C)(C)[C@@H]5CC[C@]43C)[C@@H]12.CC(C)[C@@H]1CC[C@]2(CO)CC[C@]3(C)[C@H](CC[C@@H]4[C@@]5(C)CC[C@H](O)C(C)(C)[C@@H]5CC[C@]43C)[C@@H]12.[HH]. The van der Waals surface area contributed by atoms with Crippen LogP contribution >= 0.6 is 0 Å². The van der Waals surface area contributed by atoms with E-state index in [9.17, 15) is 20.4 Å². The molecule has 0 unspecified atom stereocenters. The highest BCUT2D eigenvalue weighted by Crippen LogP contribution is 2.79. The van der Waals surface area contributed by atoms with Crippen LogP contribution in [0, 0.1) is 119 Å². The molecule has 4 N–H and O–H groups in total. The van der Waals surface area contributed by atoms with E-state index in [-0.39, 0.29) is 42.7 Å². The van der Waals surface area contributed by atoms with Gasteiger partial charge in [-0.3, -0.25) is 0 Å². The van der Waals surface area contributed by atoms with E-state index in [0.29, 0.717) is 69.4 Å². The molecule has 4 heteroatoms. The molecule has 0 radical (unpaired) electrons. The average molecular weight is 906 g/mol. The molecule has 0 amide bonds. The molecule has 0 aromatic heterocycles. The number of aliphatic hydroxyl groups excluding tert-OH is 4. The summed E-state index contributed by atoms with van der Waals surface area (Å²) in [6.45, 7) is 37.8. The molecule has 10 rings (SSSR count). The van der Waals surface area contributed by atoms with Gasteiger partial charge in [-0.2, -0.15) is 0 Å². The molecule has 10 aliphatic rings. The van der Waals surface area contributed by atoms with Crippen molar-refractivity contribution in [3.63, 3.8) is 0 Å². The first-order valence-electron chi connectivity index (χ1n) is 28.0. The third kappa shape index (κ3) is 6.57. The van der Waals surface area contributed by atoms with Crippen molar-refractivity contribution in [2.24, 2.45) is 119 Å². The van der Waals surface area contributed by atoms with E-state index in [2.05, 4.69) is 96.6 Å². The largest absolute Gasteiger partial charge is 0.396 e. The molecule has 0 spiro atoms. The molecule has 0 aromatic carbocycles. The minimum atomic E-state index is -0.147. The van der Waals surface area contributed by atoms with E-state index in [1.54, 1.807) is 0 Å². The van der Waals surface area contributed by atoms with Gasteiger partial charge in [-0.1, -0.05) is 103 Å². The molecule has 0 bridgehead atoms. The van der Waals surface area contributed by atoms with Crippen molar-refractivity contribution in [2.45, 2.75) is 238 Å². The molecule has 10 fully saturated rings. The van der Waals surface area contributed by atoms with Gasteiger partial charge in [0.2, 0.25) is 0 Å². The summed E-state index contributed by atoms with van der Waals surface area (Å²) in [6, 6.07) is 0. The molecule has 0 heterocycles. The fourth-order valence-electron chi connectivity index (χ4n) is 23.3. The predicted molar refractivity (Wildman–Crippen MR) is 273 cm³/mol. The molecule has 10 saturated carbocycles. The van der Waals surface area contributed by atoms with Crippen LogP contribution in [0.15, 0.2) is 12.2 Å². The zero-order valence-corrected chi connectivity index (χ0v) is 44.1. The number of hydrogen-bond acceptors (Lipinski definition) is 4. The molecular weight excluding hydrogens is 797 g/mol. The summed E-state index contributed by atoms with van der Waals surface area (Å²) < 4.78 is 0. The van der Waals surface area contributed by atoms with Gasteiger partial charge in [0.05, 0.1) is 12.2 Å². The van der Waals surface area contributed by atoms with Gasteiger partial charge in [0.25, 0.3) is 0 Å². The van der Waals surface area contributed by atoms with Crippen molar-refractivity contribution in [2.75, 3.05) is 13.2 Å². The molecule has 20 atom stereocenters. The molecular formula is C61H108O4. The smallest absolute Gasteiger partial charge is 0.0594 e. The van der Waals surface area contributed by atoms with Crippen molar-refractivity contribution < 1.29 is 21.9 Å². The Hall–Kier alpha value is -0.420. The number of hydrogen-bond donors (Lipinski definition) is 4. The molecule has 0 aromatic rings. The van der Waals surface area contributed by atoms with Gasteiger partial charge < -0.3 is 20.4 Å². The lowest BCUT2D eigenvalue weighted by Gasteiger charge is -2.73. The predicted octanol–water partition coefficient (Wildman–Crippen LogP) is 15.0. The lowest BCUT2D eigenvalue weighted by atomic mass is 9.32. The summed E-state index contributed by atoms with van der Waals surface area (Å²) >= 11 is 0. The molecule has 0 saturated heterocycles. The second-order valence-corrected chi connectivity index (χ2v) is 29.6. The van der Waals surface area contributed by atoms with Gasteiger partial charge in [0.1, 0.15) is 0 Å². The Kier molecular flexibility index (Phi) is 12.8. The summed E-state index contributed by atoms with van der Waals surface area (Å²) in [7, 11) is 0. The Labute approximate surface area is 403 Å². The highest BCUT2D eigenvalue weighted by molar-refractivity contribution is 5.23. The van der Waals surface area contributed by atoms with Crippen LogP contribution in [0.3, 0.4) is 0 Å². The number of aliphatic hydroxyl groups is 4. The first kappa shape index (κ1) is 51.0.